The molecule has 24 heavy (non-hydrogen) atoms. The van der Waals surface area contributed by atoms with Gasteiger partial charge in [-0.1, -0.05) is 41.9 Å². The van der Waals surface area contributed by atoms with Gasteiger partial charge in [0, 0.05) is 24.6 Å². The standard InChI is InChI=1S/C19H21N3O2/c23-19(16-9-12-6-7-14(16)8-12)22-10-15(11-22)18-20-17(21-24-18)13-4-2-1-3-5-13/h1-5,12,14-16H,6-11H2/t12?,14?,16-/m0/s1. The summed E-state index contributed by atoms with van der Waals surface area (Å²) in [5.41, 5.74) is 0.960. The molecule has 3 aliphatic rings. The van der Waals surface area contributed by atoms with Crippen LogP contribution in [0, 0.1) is 17.8 Å². The molecule has 1 aromatic carbocycles. The molecule has 1 aromatic heterocycles. The van der Waals surface area contributed by atoms with Crippen LogP contribution in [0.5, 0.6) is 0 Å². The Labute approximate surface area is 141 Å². The molecule has 2 aliphatic carbocycles. The minimum atomic E-state index is 0.192. The number of rotatable bonds is 3. The summed E-state index contributed by atoms with van der Waals surface area (Å²) >= 11 is 0. The predicted octanol–water partition coefficient (Wildman–Crippen LogP) is 3.10. The SMILES string of the molecule is O=C([C@H]1CC2CCC1C2)N1CC(c2nc(-c3ccccc3)no2)C1. The molecule has 1 aliphatic heterocycles. The van der Waals surface area contributed by atoms with Gasteiger partial charge in [-0.05, 0) is 31.1 Å². The highest BCUT2D eigenvalue weighted by Gasteiger charge is 2.47. The Morgan fingerprint density at radius 1 is 1.12 bits per heavy atom. The molecular weight excluding hydrogens is 302 g/mol. The zero-order valence-electron chi connectivity index (χ0n) is 13.6. The van der Waals surface area contributed by atoms with Crippen molar-refractivity contribution >= 4 is 5.91 Å². The largest absolute Gasteiger partial charge is 0.341 e. The fourth-order valence-electron chi connectivity index (χ4n) is 4.70. The number of carbonyl (C=O) groups is 1. The summed E-state index contributed by atoms with van der Waals surface area (Å²) in [6, 6.07) is 9.84. The first kappa shape index (κ1) is 14.2. The second kappa shape index (κ2) is 5.43. The molecular formula is C19H21N3O2. The van der Waals surface area contributed by atoms with Gasteiger partial charge < -0.3 is 9.42 Å². The van der Waals surface area contributed by atoms with Crippen LogP contribution in [0.3, 0.4) is 0 Å². The van der Waals surface area contributed by atoms with E-state index in [1.807, 2.05) is 35.2 Å². The van der Waals surface area contributed by atoms with Crippen LogP contribution < -0.4 is 0 Å². The summed E-state index contributed by atoms with van der Waals surface area (Å²) in [5, 5.41) is 4.08. The Morgan fingerprint density at radius 3 is 2.67 bits per heavy atom. The quantitative estimate of drug-likeness (QED) is 0.871. The van der Waals surface area contributed by atoms with E-state index in [1.54, 1.807) is 0 Å². The van der Waals surface area contributed by atoms with Crippen LogP contribution in [0.1, 0.15) is 37.5 Å². The number of aromatic nitrogens is 2. The van der Waals surface area contributed by atoms with Crippen molar-refractivity contribution in [3.05, 3.63) is 36.2 Å². The molecule has 3 atom stereocenters. The van der Waals surface area contributed by atoms with E-state index in [4.69, 9.17) is 4.52 Å². The van der Waals surface area contributed by atoms with E-state index >= 15 is 0 Å². The maximum Gasteiger partial charge on any atom is 0.233 e. The minimum absolute atomic E-state index is 0.192. The molecule has 2 bridgehead atoms. The predicted molar refractivity (Wildman–Crippen MR) is 88.0 cm³/mol. The van der Waals surface area contributed by atoms with E-state index in [9.17, 15) is 4.79 Å². The van der Waals surface area contributed by atoms with Crippen LogP contribution in [0.15, 0.2) is 34.9 Å². The maximum atomic E-state index is 12.7. The number of likely N-dealkylation sites (tertiary alicyclic amines) is 1. The molecule has 0 radical (unpaired) electrons. The zero-order valence-corrected chi connectivity index (χ0v) is 13.6. The normalized spacial score (nSPS) is 29.0. The van der Waals surface area contributed by atoms with Gasteiger partial charge in [0.1, 0.15) is 0 Å². The Morgan fingerprint density at radius 2 is 1.96 bits per heavy atom. The lowest BCUT2D eigenvalue weighted by molar-refractivity contribution is -0.142. The minimum Gasteiger partial charge on any atom is -0.341 e. The highest BCUT2D eigenvalue weighted by atomic mass is 16.5. The van der Waals surface area contributed by atoms with Crippen molar-refractivity contribution in [1.29, 1.82) is 0 Å². The molecule has 2 unspecified atom stereocenters. The van der Waals surface area contributed by atoms with Crippen molar-refractivity contribution in [1.82, 2.24) is 15.0 Å². The zero-order chi connectivity index (χ0) is 16.1. The summed E-state index contributed by atoms with van der Waals surface area (Å²) in [6.45, 7) is 1.45. The second-order valence-electron chi connectivity index (χ2n) is 7.54. The first-order valence-electron chi connectivity index (χ1n) is 8.96. The molecule has 2 aromatic rings. The molecule has 2 saturated carbocycles. The summed E-state index contributed by atoms with van der Waals surface area (Å²) < 4.78 is 5.43. The molecule has 0 spiro atoms. The highest BCUT2D eigenvalue weighted by molar-refractivity contribution is 5.80. The Balaban J connectivity index is 1.22. The maximum absolute atomic E-state index is 12.7. The third kappa shape index (κ3) is 2.26. The molecule has 3 fully saturated rings. The first-order valence-corrected chi connectivity index (χ1v) is 8.96. The molecule has 124 valence electrons. The Kier molecular flexibility index (Phi) is 3.21. The van der Waals surface area contributed by atoms with Gasteiger partial charge >= 0.3 is 0 Å². The third-order valence-corrected chi connectivity index (χ3v) is 6.07. The van der Waals surface area contributed by atoms with Crippen LogP contribution in [0.25, 0.3) is 11.4 Å². The van der Waals surface area contributed by atoms with Crippen LogP contribution in [-0.2, 0) is 4.79 Å². The topological polar surface area (TPSA) is 59.2 Å². The number of benzene rings is 1. The van der Waals surface area contributed by atoms with Gasteiger partial charge in [0.2, 0.25) is 17.6 Å². The van der Waals surface area contributed by atoms with Gasteiger partial charge in [0.25, 0.3) is 0 Å². The molecule has 2 heterocycles. The monoisotopic (exact) mass is 323 g/mol. The van der Waals surface area contributed by atoms with Crippen molar-refractivity contribution in [2.75, 3.05) is 13.1 Å². The third-order valence-electron chi connectivity index (χ3n) is 6.07. The van der Waals surface area contributed by atoms with Crippen molar-refractivity contribution in [2.45, 2.75) is 31.6 Å². The number of nitrogens with zero attached hydrogens (tertiary/aromatic N) is 3. The van der Waals surface area contributed by atoms with Crippen molar-refractivity contribution < 1.29 is 9.32 Å². The van der Waals surface area contributed by atoms with Crippen molar-refractivity contribution in [3.8, 4) is 11.4 Å². The van der Waals surface area contributed by atoms with Gasteiger partial charge in [-0.2, -0.15) is 4.98 Å². The van der Waals surface area contributed by atoms with Crippen LogP contribution >= 0.6 is 0 Å². The number of hydrogen-bond acceptors (Lipinski definition) is 4. The lowest BCUT2D eigenvalue weighted by Gasteiger charge is -2.40. The average Bonchev–Trinajstić information content (AvgIpc) is 3.31. The van der Waals surface area contributed by atoms with E-state index in [2.05, 4.69) is 10.1 Å². The highest BCUT2D eigenvalue weighted by Crippen LogP contribution is 2.49. The molecule has 1 saturated heterocycles. The number of amides is 1. The molecule has 0 N–H and O–H groups in total. The molecule has 1 amide bonds. The van der Waals surface area contributed by atoms with Crippen LogP contribution in [0.4, 0.5) is 0 Å². The number of carbonyl (C=O) groups excluding carboxylic acids is 1. The first-order chi connectivity index (χ1) is 11.8. The molecule has 5 nitrogen and oxygen atoms in total. The van der Waals surface area contributed by atoms with E-state index < -0.39 is 0 Å². The van der Waals surface area contributed by atoms with E-state index in [-0.39, 0.29) is 11.8 Å². The van der Waals surface area contributed by atoms with Gasteiger partial charge in [0.05, 0.1) is 5.92 Å². The van der Waals surface area contributed by atoms with Crippen LogP contribution in [0.2, 0.25) is 0 Å². The van der Waals surface area contributed by atoms with Gasteiger partial charge in [-0.25, -0.2) is 0 Å². The molecule has 5 rings (SSSR count). The fraction of sp³-hybridized carbons (Fsp3) is 0.526. The van der Waals surface area contributed by atoms with Crippen molar-refractivity contribution in [2.24, 2.45) is 17.8 Å². The fourth-order valence-corrected chi connectivity index (χ4v) is 4.70. The van der Waals surface area contributed by atoms with E-state index in [0.717, 1.165) is 31.0 Å². The lowest BCUT2D eigenvalue weighted by Crippen LogP contribution is -2.51. The molecule has 5 heteroatoms. The van der Waals surface area contributed by atoms with Gasteiger partial charge in [-0.15, -0.1) is 0 Å². The summed E-state index contributed by atoms with van der Waals surface area (Å²) in [7, 11) is 0. The second-order valence-corrected chi connectivity index (χ2v) is 7.54. The smallest absolute Gasteiger partial charge is 0.233 e. The van der Waals surface area contributed by atoms with E-state index in [1.165, 1.54) is 19.3 Å². The number of hydrogen-bond donors (Lipinski definition) is 0. The van der Waals surface area contributed by atoms with Gasteiger partial charge in [-0.3, -0.25) is 4.79 Å². The average molecular weight is 323 g/mol. The lowest BCUT2D eigenvalue weighted by atomic mass is 9.86. The summed E-state index contributed by atoms with van der Waals surface area (Å²) in [5.74, 6) is 3.58. The summed E-state index contributed by atoms with van der Waals surface area (Å²) in [4.78, 5) is 19.2. The van der Waals surface area contributed by atoms with Crippen molar-refractivity contribution in [3.63, 3.8) is 0 Å². The number of fused-ring (bicyclic) bond motifs is 2. The van der Waals surface area contributed by atoms with E-state index in [0.29, 0.717) is 23.5 Å². The summed E-state index contributed by atoms with van der Waals surface area (Å²) in [6.07, 6.45) is 4.98. The Bertz CT molecular complexity index is 751. The van der Waals surface area contributed by atoms with Gasteiger partial charge in [0.15, 0.2) is 0 Å². The van der Waals surface area contributed by atoms with Crippen LogP contribution in [-0.4, -0.2) is 34.0 Å². The Hall–Kier alpha value is -2.17.